The highest BCUT2D eigenvalue weighted by atomic mass is 19.4. The first-order valence-electron chi connectivity index (χ1n) is 10.2. The van der Waals surface area contributed by atoms with Gasteiger partial charge in [-0.05, 0) is 54.9 Å². The van der Waals surface area contributed by atoms with Gasteiger partial charge in [-0.25, -0.2) is 0 Å². The monoisotopic (exact) mass is 421 g/mol. The van der Waals surface area contributed by atoms with Gasteiger partial charge in [0.25, 0.3) is 0 Å². The number of hydrogen-bond donors (Lipinski definition) is 2. The number of ether oxygens (including phenoxy) is 1. The second kappa shape index (κ2) is 9.98. The van der Waals surface area contributed by atoms with Gasteiger partial charge < -0.3 is 15.2 Å². The zero-order valence-electron chi connectivity index (χ0n) is 16.6. The van der Waals surface area contributed by atoms with E-state index in [-0.39, 0.29) is 23.5 Å². The van der Waals surface area contributed by atoms with E-state index in [2.05, 4.69) is 10.1 Å². The Kier molecular flexibility index (Phi) is 7.37. The van der Waals surface area contributed by atoms with Crippen LogP contribution in [0.4, 0.5) is 13.2 Å². The molecule has 162 valence electrons. The number of aryl methyl sites for hydroxylation is 1. The molecular formula is C23H26F3NO3. The Morgan fingerprint density at radius 1 is 1.10 bits per heavy atom. The maximum Gasteiger partial charge on any atom is 0.573 e. The van der Waals surface area contributed by atoms with E-state index in [9.17, 15) is 23.1 Å². The van der Waals surface area contributed by atoms with Crippen LogP contribution in [0.5, 0.6) is 5.75 Å². The van der Waals surface area contributed by atoms with E-state index < -0.39 is 12.5 Å². The van der Waals surface area contributed by atoms with Crippen LogP contribution in [0.3, 0.4) is 0 Å². The van der Waals surface area contributed by atoms with Crippen LogP contribution >= 0.6 is 0 Å². The molecule has 0 spiro atoms. The molecule has 0 heterocycles. The van der Waals surface area contributed by atoms with Crippen LogP contribution < -0.4 is 10.1 Å². The van der Waals surface area contributed by atoms with Crippen molar-refractivity contribution in [2.24, 2.45) is 11.8 Å². The quantitative estimate of drug-likeness (QED) is 0.654. The van der Waals surface area contributed by atoms with Crippen LogP contribution in [0.25, 0.3) is 0 Å². The third kappa shape index (κ3) is 6.49. The first-order chi connectivity index (χ1) is 14.3. The van der Waals surface area contributed by atoms with E-state index in [1.165, 1.54) is 18.2 Å². The summed E-state index contributed by atoms with van der Waals surface area (Å²) in [4.78, 5) is 12.6. The molecule has 1 aliphatic carbocycles. The fourth-order valence-electron chi connectivity index (χ4n) is 4.12. The predicted molar refractivity (Wildman–Crippen MR) is 107 cm³/mol. The van der Waals surface area contributed by atoms with Crippen molar-refractivity contribution in [2.75, 3.05) is 0 Å². The van der Waals surface area contributed by atoms with Gasteiger partial charge >= 0.3 is 6.36 Å². The summed E-state index contributed by atoms with van der Waals surface area (Å²) in [5, 5.41) is 13.6. The number of alkyl halides is 3. The molecule has 1 amide bonds. The van der Waals surface area contributed by atoms with Gasteiger partial charge in [0.1, 0.15) is 5.75 Å². The Morgan fingerprint density at radius 3 is 2.57 bits per heavy atom. The number of hydrogen-bond acceptors (Lipinski definition) is 3. The molecule has 7 heteroatoms. The first kappa shape index (κ1) is 22.2. The van der Waals surface area contributed by atoms with Crippen LogP contribution in [0, 0.1) is 11.8 Å². The topological polar surface area (TPSA) is 58.6 Å². The molecular weight excluding hydrogens is 395 g/mol. The average Bonchev–Trinajstić information content (AvgIpc) is 3.20. The zero-order valence-corrected chi connectivity index (χ0v) is 16.6. The fourth-order valence-corrected chi connectivity index (χ4v) is 4.12. The minimum Gasteiger partial charge on any atom is -0.406 e. The molecule has 4 nitrogen and oxygen atoms in total. The molecule has 30 heavy (non-hydrogen) atoms. The van der Waals surface area contributed by atoms with Gasteiger partial charge in [-0.1, -0.05) is 48.9 Å². The second-order valence-corrected chi connectivity index (χ2v) is 7.71. The van der Waals surface area contributed by atoms with Gasteiger partial charge in [0.05, 0.1) is 6.10 Å². The van der Waals surface area contributed by atoms with Gasteiger partial charge in [0.15, 0.2) is 0 Å². The van der Waals surface area contributed by atoms with Crippen LogP contribution in [-0.2, 0) is 17.8 Å². The summed E-state index contributed by atoms with van der Waals surface area (Å²) in [5.74, 6) is -0.714. The minimum atomic E-state index is -4.73. The summed E-state index contributed by atoms with van der Waals surface area (Å²) >= 11 is 0. The number of aliphatic hydroxyl groups excluding tert-OH is 1. The molecule has 2 N–H and O–H groups in total. The number of halogens is 3. The number of rotatable bonds is 8. The number of aliphatic hydroxyl groups is 1. The molecule has 0 aromatic heterocycles. The molecule has 3 atom stereocenters. The average molecular weight is 421 g/mol. The lowest BCUT2D eigenvalue weighted by Gasteiger charge is -2.24. The molecule has 1 aliphatic rings. The van der Waals surface area contributed by atoms with Crippen molar-refractivity contribution in [1.82, 2.24) is 5.32 Å². The zero-order chi connectivity index (χ0) is 21.6. The highest BCUT2D eigenvalue weighted by molar-refractivity contribution is 5.79. The largest absolute Gasteiger partial charge is 0.573 e. The van der Waals surface area contributed by atoms with Gasteiger partial charge in [-0.15, -0.1) is 13.2 Å². The lowest BCUT2D eigenvalue weighted by Crippen LogP contribution is -2.36. The molecule has 1 saturated carbocycles. The van der Waals surface area contributed by atoms with Gasteiger partial charge in [0.2, 0.25) is 5.91 Å². The Balaban J connectivity index is 1.52. The van der Waals surface area contributed by atoms with Crippen molar-refractivity contribution >= 4 is 5.91 Å². The standard InChI is InChI=1S/C23H26F3NO3/c24-23(25,26)30-18-9-4-8-16(14-18)12-13-21(28)19-10-5-11-20(19)22(29)27-15-17-6-2-1-3-7-17/h1-4,6-9,14,19-21,28H,5,10-13,15H2,(H,27,29)/t19-,20-,21?/m1/s1. The summed E-state index contributed by atoms with van der Waals surface area (Å²) in [7, 11) is 0. The number of amides is 1. The molecule has 0 radical (unpaired) electrons. The molecule has 2 aromatic carbocycles. The maximum absolute atomic E-state index is 12.6. The molecule has 0 aliphatic heterocycles. The third-order valence-corrected chi connectivity index (χ3v) is 5.57. The summed E-state index contributed by atoms with van der Waals surface area (Å²) in [6, 6.07) is 15.4. The summed E-state index contributed by atoms with van der Waals surface area (Å²) in [5.41, 5.74) is 1.67. The van der Waals surface area contributed by atoms with Crippen LogP contribution in [0.1, 0.15) is 36.8 Å². The van der Waals surface area contributed by atoms with Crippen molar-refractivity contribution < 1.29 is 27.8 Å². The number of carbonyl (C=O) groups is 1. The molecule has 0 saturated heterocycles. The Labute approximate surface area is 174 Å². The predicted octanol–water partition coefficient (Wildman–Crippen LogP) is 4.61. The van der Waals surface area contributed by atoms with Crippen LogP contribution in [0.2, 0.25) is 0 Å². The van der Waals surface area contributed by atoms with E-state index >= 15 is 0 Å². The van der Waals surface area contributed by atoms with Gasteiger partial charge in [-0.2, -0.15) is 0 Å². The van der Waals surface area contributed by atoms with Crippen molar-refractivity contribution in [1.29, 1.82) is 0 Å². The maximum atomic E-state index is 12.6. The summed E-state index contributed by atoms with van der Waals surface area (Å²) in [6.45, 7) is 0.449. The van der Waals surface area contributed by atoms with E-state index in [0.29, 0.717) is 24.9 Å². The molecule has 0 bridgehead atoms. The van der Waals surface area contributed by atoms with Crippen molar-refractivity contribution in [3.63, 3.8) is 0 Å². The highest BCUT2D eigenvalue weighted by Crippen LogP contribution is 2.36. The smallest absolute Gasteiger partial charge is 0.406 e. The van der Waals surface area contributed by atoms with Crippen LogP contribution in [-0.4, -0.2) is 23.5 Å². The molecule has 1 fully saturated rings. The molecule has 2 aromatic rings. The number of benzene rings is 2. The van der Waals surface area contributed by atoms with Crippen molar-refractivity contribution in [3.8, 4) is 5.75 Å². The minimum absolute atomic E-state index is 0.0547. The lowest BCUT2D eigenvalue weighted by atomic mass is 9.87. The Bertz CT molecular complexity index is 826. The highest BCUT2D eigenvalue weighted by Gasteiger charge is 2.37. The SMILES string of the molecule is O=C(NCc1ccccc1)[C@@H]1CCC[C@H]1C(O)CCc1cccc(OC(F)(F)F)c1. The fraction of sp³-hybridized carbons (Fsp3) is 0.435. The van der Waals surface area contributed by atoms with E-state index in [4.69, 9.17) is 0 Å². The Hall–Kier alpha value is -2.54. The summed E-state index contributed by atoms with van der Waals surface area (Å²) in [6.07, 6.45) is -2.26. The van der Waals surface area contributed by atoms with Gasteiger partial charge in [0, 0.05) is 12.5 Å². The van der Waals surface area contributed by atoms with Crippen molar-refractivity contribution in [2.45, 2.75) is 51.1 Å². The number of carbonyl (C=O) groups excluding carboxylic acids is 1. The Morgan fingerprint density at radius 2 is 1.83 bits per heavy atom. The van der Waals surface area contributed by atoms with Crippen LogP contribution in [0.15, 0.2) is 54.6 Å². The third-order valence-electron chi connectivity index (χ3n) is 5.57. The van der Waals surface area contributed by atoms with E-state index in [1.807, 2.05) is 30.3 Å². The second-order valence-electron chi connectivity index (χ2n) is 7.71. The molecule has 1 unspecified atom stereocenters. The number of nitrogens with one attached hydrogen (secondary N) is 1. The van der Waals surface area contributed by atoms with E-state index in [1.54, 1.807) is 6.07 Å². The lowest BCUT2D eigenvalue weighted by molar-refractivity contribution is -0.274. The molecule has 3 rings (SSSR count). The van der Waals surface area contributed by atoms with Crippen molar-refractivity contribution in [3.05, 3.63) is 65.7 Å². The first-order valence-corrected chi connectivity index (χ1v) is 10.2. The summed E-state index contributed by atoms with van der Waals surface area (Å²) < 4.78 is 41.1. The normalized spacial score (nSPS) is 20.0. The van der Waals surface area contributed by atoms with Gasteiger partial charge in [-0.3, -0.25) is 4.79 Å². The van der Waals surface area contributed by atoms with E-state index in [0.717, 1.165) is 24.8 Å².